The number of hydrogen-bond acceptors (Lipinski definition) is 27. The van der Waals surface area contributed by atoms with Gasteiger partial charge >= 0.3 is 0 Å². The van der Waals surface area contributed by atoms with Gasteiger partial charge in [-0.3, -0.25) is 54.9 Å². The number of guanidine groups is 1. The van der Waals surface area contributed by atoms with Crippen LogP contribution in [0.4, 0.5) is 0 Å². The number of nitrogens with zero attached hydrogens (tertiary/aromatic N) is 2. The van der Waals surface area contributed by atoms with Gasteiger partial charge in [-0.25, -0.2) is 0 Å². The summed E-state index contributed by atoms with van der Waals surface area (Å²) in [4.78, 5) is 104. The number of primary amides is 1. The zero-order valence-electron chi connectivity index (χ0n) is 56.0. The Morgan fingerprint density at radius 1 is 0.615 bits per heavy atom. The number of nitrogens with two attached hydrogens (primary N) is 3. The van der Waals surface area contributed by atoms with Crippen LogP contribution in [0.5, 0.6) is 0 Å². The molecule has 0 aliphatic carbocycles. The third-order valence-corrected chi connectivity index (χ3v) is 17.6. The van der Waals surface area contributed by atoms with E-state index in [0.717, 1.165) is 31.0 Å². The SMILES string of the molecule is C/C(=N/O)C(C)(C)NCCC(CCNC(O)CCCC(O)NCCCC[C@H](N)C(=O)N[C@@H](CS)C(=O)N[C@@H](CCCNC(=N)N)C(=O)NCC(=O)N[C@@H](CC(O)O)C(=O)N[C@@H](CS)C(O)N[C@@H](Cc1ccccc1)C(=O)N[C@@H](CSCC=O)C(N)=O)CCNC(C)(C)/C(C)=N\O. The lowest BCUT2D eigenvalue weighted by molar-refractivity contribution is -0.134. The standard InChI is InChI=1S/C60H110N18O15S3/c1-36(77-92)59(3,4)69-26-21-38(22-27-70-60(5,6)37(2)78-93)20-25-66-48(81)19-12-18-47(80)65-23-11-10-16-40(61)52(86)74-44(33-94)56(90)72-41(17-13-24-67-58(63)64)53(87)68-32-49(82)71-43(31-50(83)84)55(89)75-45(34-95)57(91)73-42(30-39-14-8-7-9-15-39)54(88)76-46(51(62)85)35-96-29-28-79/h7-9,14-15,28,38,40-48,50,57,65-66,69-70,73,80-81,83-84,91-95H,10-13,16-27,29-35,61H2,1-6H3,(H2,62,85)(H,68,87)(H,71,82)(H,72,90)(H,74,86)(H,75,89)(H,76,88)(H4,63,64,67)/b77-36-,78-37-/t40-,41-,42-,43-,44-,45-,46-,47?,48?,57?/m0/s1. The molecule has 0 fully saturated rings. The summed E-state index contributed by atoms with van der Waals surface area (Å²) < 4.78 is 0. The number of aldehydes is 1. The van der Waals surface area contributed by atoms with Crippen molar-refractivity contribution in [1.82, 2.24) is 63.8 Å². The van der Waals surface area contributed by atoms with Gasteiger partial charge in [0.1, 0.15) is 49.1 Å². The molecule has 0 aliphatic rings. The summed E-state index contributed by atoms with van der Waals surface area (Å²) in [7, 11) is 0. The average Bonchev–Trinajstić information content (AvgIpc) is 0.900. The molecule has 0 aromatic heterocycles. The predicted molar refractivity (Wildman–Crippen MR) is 373 cm³/mol. The molecule has 0 bridgehead atoms. The van der Waals surface area contributed by atoms with Gasteiger partial charge in [-0.1, -0.05) is 47.1 Å². The maximum atomic E-state index is 13.7. The number of benzene rings is 1. The first-order valence-corrected chi connectivity index (χ1v) is 34.5. The minimum Gasteiger partial charge on any atom is -0.411 e. The van der Waals surface area contributed by atoms with E-state index in [-0.39, 0.29) is 67.1 Å². The second-order valence-electron chi connectivity index (χ2n) is 24.3. The molecule has 7 amide bonds. The van der Waals surface area contributed by atoms with Gasteiger partial charge in [0.2, 0.25) is 41.4 Å². The minimum atomic E-state index is -2.15. The highest BCUT2D eigenvalue weighted by Gasteiger charge is 2.34. The number of thiol groups is 2. The van der Waals surface area contributed by atoms with E-state index in [1.54, 1.807) is 44.2 Å². The number of oxime groups is 2. The second-order valence-corrected chi connectivity index (χ2v) is 26.1. The number of rotatable bonds is 54. The maximum Gasteiger partial charge on any atom is 0.244 e. The van der Waals surface area contributed by atoms with Crippen molar-refractivity contribution < 1.29 is 74.3 Å². The quantitative estimate of drug-likeness (QED) is 0.00432. The number of hydrogen-bond donors (Lipinski definition) is 25. The van der Waals surface area contributed by atoms with Crippen molar-refractivity contribution in [3.63, 3.8) is 0 Å². The Bertz CT molecular complexity index is 2530. The molecule has 0 saturated carbocycles. The first kappa shape index (κ1) is 88.0. The van der Waals surface area contributed by atoms with Crippen LogP contribution in [0.1, 0.15) is 124 Å². The molecular formula is C60H110N18O15S3. The summed E-state index contributed by atoms with van der Waals surface area (Å²) in [6, 6.07) is -0.567. The van der Waals surface area contributed by atoms with Crippen molar-refractivity contribution >= 4 is 102 Å². The summed E-state index contributed by atoms with van der Waals surface area (Å²) in [5, 5.41) is 118. The molecule has 0 aliphatic heterocycles. The highest BCUT2D eigenvalue weighted by molar-refractivity contribution is 7.99. The van der Waals surface area contributed by atoms with E-state index in [1.807, 2.05) is 27.7 Å². The number of carbonyl (C=O) groups excluding carboxylic acids is 8. The molecule has 96 heavy (non-hydrogen) atoms. The topological polar surface area (TPSA) is 549 Å². The number of carbonyl (C=O) groups is 8. The Hall–Kier alpha value is -6.00. The van der Waals surface area contributed by atoms with Crippen LogP contribution < -0.4 is 81.0 Å². The molecule has 548 valence electrons. The monoisotopic (exact) mass is 1420 g/mol. The normalized spacial score (nSPS) is 15.7. The van der Waals surface area contributed by atoms with E-state index in [1.165, 1.54) is 0 Å². The summed E-state index contributed by atoms with van der Waals surface area (Å²) in [6.07, 6.45) is -0.762. The Labute approximate surface area is 577 Å². The third-order valence-electron chi connectivity index (χ3n) is 15.9. The van der Waals surface area contributed by atoms with Crippen molar-refractivity contribution in [2.75, 3.05) is 62.3 Å². The molecule has 26 N–H and O–H groups in total. The summed E-state index contributed by atoms with van der Waals surface area (Å²) in [5.41, 5.74) is 17.9. The first-order valence-electron chi connectivity index (χ1n) is 32.0. The summed E-state index contributed by atoms with van der Waals surface area (Å²) in [6.45, 7) is 12.8. The lowest BCUT2D eigenvalue weighted by Crippen LogP contribution is -2.61. The first-order chi connectivity index (χ1) is 45.3. The van der Waals surface area contributed by atoms with E-state index >= 15 is 0 Å². The number of unbranched alkanes of at least 4 members (excludes halogenated alkanes) is 1. The Morgan fingerprint density at radius 2 is 1.17 bits per heavy atom. The van der Waals surface area contributed by atoms with E-state index in [9.17, 15) is 74.3 Å². The summed E-state index contributed by atoms with van der Waals surface area (Å²) >= 11 is 9.53. The molecule has 1 aromatic rings. The Balaban J connectivity index is 2.84. The zero-order chi connectivity index (χ0) is 72.4. The van der Waals surface area contributed by atoms with E-state index in [2.05, 4.69) is 99.4 Å². The van der Waals surface area contributed by atoms with E-state index < -0.39 is 133 Å². The number of nitrogens with one attached hydrogen (secondary N) is 13. The van der Waals surface area contributed by atoms with Gasteiger partial charge in [0.25, 0.3) is 0 Å². The summed E-state index contributed by atoms with van der Waals surface area (Å²) in [5.74, 6) is -6.70. The molecular weight excluding hydrogens is 1310 g/mol. The van der Waals surface area contributed by atoms with Crippen molar-refractivity contribution in [1.29, 1.82) is 5.41 Å². The van der Waals surface area contributed by atoms with Gasteiger partial charge in [0, 0.05) is 36.0 Å². The van der Waals surface area contributed by atoms with Crippen LogP contribution in [0.25, 0.3) is 0 Å². The van der Waals surface area contributed by atoms with Gasteiger partial charge in [-0.2, -0.15) is 37.0 Å². The van der Waals surface area contributed by atoms with Crippen LogP contribution in [0.15, 0.2) is 40.6 Å². The van der Waals surface area contributed by atoms with Gasteiger partial charge in [0.15, 0.2) is 12.2 Å². The fraction of sp³-hybridized carbons (Fsp3) is 0.717. The van der Waals surface area contributed by atoms with Gasteiger partial charge < -0.3 is 106 Å². The van der Waals surface area contributed by atoms with Crippen molar-refractivity contribution in [3.05, 3.63) is 35.9 Å². The molecule has 36 heteroatoms. The second kappa shape index (κ2) is 48.7. The molecule has 0 heterocycles. The number of aliphatic hydroxyl groups is 5. The number of amides is 7. The van der Waals surface area contributed by atoms with Crippen LogP contribution in [0.2, 0.25) is 0 Å². The van der Waals surface area contributed by atoms with Crippen LogP contribution in [0.3, 0.4) is 0 Å². The molecule has 1 aromatic carbocycles. The molecule has 0 spiro atoms. The fourth-order valence-electron chi connectivity index (χ4n) is 9.30. The Morgan fingerprint density at radius 3 is 1.71 bits per heavy atom. The van der Waals surface area contributed by atoms with E-state index in [0.29, 0.717) is 81.6 Å². The highest BCUT2D eigenvalue weighted by Crippen LogP contribution is 2.17. The van der Waals surface area contributed by atoms with Crippen molar-refractivity contribution in [2.45, 2.75) is 203 Å². The van der Waals surface area contributed by atoms with Gasteiger partial charge in [0.05, 0.1) is 47.2 Å². The maximum absolute atomic E-state index is 13.7. The fourth-order valence-corrected chi connectivity index (χ4v) is 10.6. The molecule has 33 nitrogen and oxygen atoms in total. The minimum absolute atomic E-state index is 0.0256. The lowest BCUT2D eigenvalue weighted by atomic mass is 9.94. The van der Waals surface area contributed by atoms with Gasteiger partial charge in [-0.15, -0.1) is 0 Å². The lowest BCUT2D eigenvalue weighted by Gasteiger charge is -2.30. The number of thioether (sulfide) groups is 1. The molecule has 1 rings (SSSR count). The zero-order valence-corrected chi connectivity index (χ0v) is 58.6. The Kier molecular flexibility index (Phi) is 44.6. The van der Waals surface area contributed by atoms with Crippen LogP contribution in [-0.4, -0.2) is 242 Å². The molecule has 3 unspecified atom stereocenters. The largest absolute Gasteiger partial charge is 0.411 e. The predicted octanol–water partition coefficient (Wildman–Crippen LogP) is -4.01. The third kappa shape index (κ3) is 37.7. The smallest absolute Gasteiger partial charge is 0.244 e. The number of aliphatic hydroxyl groups excluding tert-OH is 4. The average molecular weight is 1420 g/mol. The van der Waals surface area contributed by atoms with Crippen LogP contribution in [0, 0.1) is 11.3 Å². The molecule has 0 saturated heterocycles. The molecule has 10 atom stereocenters. The van der Waals surface area contributed by atoms with E-state index in [4.69, 9.17) is 22.6 Å². The molecule has 0 radical (unpaired) electrons. The van der Waals surface area contributed by atoms with Gasteiger partial charge in [-0.05, 0) is 150 Å². The highest BCUT2D eigenvalue weighted by atomic mass is 32.2. The van der Waals surface area contributed by atoms with Crippen molar-refractivity contribution in [3.8, 4) is 0 Å². The van der Waals surface area contributed by atoms with Crippen LogP contribution >= 0.6 is 37.0 Å². The van der Waals surface area contributed by atoms with Crippen LogP contribution in [-0.2, 0) is 44.8 Å². The van der Waals surface area contributed by atoms with Crippen molar-refractivity contribution in [2.24, 2.45) is 33.4 Å².